The van der Waals surface area contributed by atoms with E-state index in [9.17, 15) is 14.7 Å². The van der Waals surface area contributed by atoms with E-state index in [1.165, 1.54) is 9.96 Å². The first kappa shape index (κ1) is 19.3. The van der Waals surface area contributed by atoms with Gasteiger partial charge in [0.1, 0.15) is 12.6 Å². The van der Waals surface area contributed by atoms with Crippen molar-refractivity contribution >= 4 is 12.0 Å². The second-order valence-electron chi connectivity index (χ2n) is 7.72. The molecule has 2 aliphatic heterocycles. The van der Waals surface area contributed by atoms with E-state index in [1.54, 1.807) is 10.9 Å². The SMILES string of the molecule is O=C(O)C1c2c(cnn2CCc2ccccc2)C2CN1C(=O)N2OCc1ccccc1. The molecule has 0 radical (unpaired) electrons. The Morgan fingerprint density at radius 3 is 2.42 bits per heavy atom. The predicted octanol–water partition coefficient (Wildman–Crippen LogP) is 3.18. The van der Waals surface area contributed by atoms with Crippen LogP contribution in [0.2, 0.25) is 0 Å². The molecule has 5 rings (SSSR count). The monoisotopic (exact) mass is 418 g/mol. The number of fused-ring (bicyclic) bond motifs is 4. The van der Waals surface area contributed by atoms with E-state index in [0.717, 1.165) is 16.7 Å². The molecule has 8 nitrogen and oxygen atoms in total. The van der Waals surface area contributed by atoms with Gasteiger partial charge in [0.15, 0.2) is 6.04 Å². The second kappa shape index (κ2) is 7.88. The molecule has 2 atom stereocenters. The Labute approximate surface area is 179 Å². The van der Waals surface area contributed by atoms with Gasteiger partial charge in [-0.3, -0.25) is 9.52 Å². The van der Waals surface area contributed by atoms with E-state index in [1.807, 2.05) is 60.7 Å². The van der Waals surface area contributed by atoms with E-state index in [0.29, 0.717) is 18.7 Å². The van der Waals surface area contributed by atoms with E-state index in [4.69, 9.17) is 4.84 Å². The van der Waals surface area contributed by atoms with Gasteiger partial charge < -0.3 is 10.0 Å². The Balaban J connectivity index is 1.42. The van der Waals surface area contributed by atoms with Crippen molar-refractivity contribution in [2.24, 2.45) is 0 Å². The topological polar surface area (TPSA) is 87.9 Å². The fraction of sp³-hybridized carbons (Fsp3) is 0.261. The third kappa shape index (κ3) is 3.44. The van der Waals surface area contributed by atoms with Gasteiger partial charge in [-0.05, 0) is 17.5 Å². The number of aromatic nitrogens is 2. The molecule has 1 aromatic heterocycles. The molecule has 3 heterocycles. The lowest BCUT2D eigenvalue weighted by atomic mass is 9.98. The van der Waals surface area contributed by atoms with Gasteiger partial charge in [-0.2, -0.15) is 10.2 Å². The zero-order valence-electron chi connectivity index (χ0n) is 16.8. The number of carbonyl (C=O) groups is 2. The third-order valence-corrected chi connectivity index (χ3v) is 5.83. The van der Waals surface area contributed by atoms with Crippen LogP contribution in [0.15, 0.2) is 66.9 Å². The quantitative estimate of drug-likeness (QED) is 0.637. The first-order chi connectivity index (χ1) is 15.1. The number of carboxylic acid groups (broad SMARTS) is 1. The predicted molar refractivity (Wildman–Crippen MR) is 111 cm³/mol. The zero-order valence-corrected chi connectivity index (χ0v) is 16.8. The van der Waals surface area contributed by atoms with Gasteiger partial charge >= 0.3 is 12.0 Å². The van der Waals surface area contributed by atoms with Crippen molar-refractivity contribution in [1.82, 2.24) is 19.7 Å². The fourth-order valence-corrected chi connectivity index (χ4v) is 4.32. The second-order valence-corrected chi connectivity index (χ2v) is 7.72. The van der Waals surface area contributed by atoms with E-state index < -0.39 is 18.0 Å². The first-order valence-electron chi connectivity index (χ1n) is 10.2. The lowest BCUT2D eigenvalue weighted by Crippen LogP contribution is -2.39. The van der Waals surface area contributed by atoms with Crippen LogP contribution in [-0.4, -0.2) is 43.4 Å². The summed E-state index contributed by atoms with van der Waals surface area (Å²) in [5, 5.41) is 15.7. The molecule has 1 N–H and O–H groups in total. The largest absolute Gasteiger partial charge is 0.479 e. The minimum absolute atomic E-state index is 0.228. The number of nitrogens with zero attached hydrogens (tertiary/aromatic N) is 4. The molecule has 31 heavy (non-hydrogen) atoms. The fourth-order valence-electron chi connectivity index (χ4n) is 4.32. The van der Waals surface area contributed by atoms with Crippen LogP contribution in [0.4, 0.5) is 4.79 Å². The number of rotatable bonds is 7. The Kier molecular flexibility index (Phi) is 4.91. The van der Waals surface area contributed by atoms with Gasteiger partial charge in [0.25, 0.3) is 0 Å². The first-order valence-corrected chi connectivity index (χ1v) is 10.2. The molecule has 2 aromatic carbocycles. The maximum absolute atomic E-state index is 13.0. The van der Waals surface area contributed by atoms with Crippen LogP contribution in [0.5, 0.6) is 0 Å². The number of hydroxylamine groups is 2. The molecule has 2 aliphatic rings. The molecule has 3 aromatic rings. The molecule has 158 valence electrons. The number of hydrogen-bond acceptors (Lipinski definition) is 4. The summed E-state index contributed by atoms with van der Waals surface area (Å²) in [5.74, 6) is -1.07. The Morgan fingerprint density at radius 1 is 1.06 bits per heavy atom. The van der Waals surface area contributed by atoms with Crippen molar-refractivity contribution in [3.8, 4) is 0 Å². The summed E-state index contributed by atoms with van der Waals surface area (Å²) in [4.78, 5) is 32.4. The summed E-state index contributed by atoms with van der Waals surface area (Å²) in [6.07, 6.45) is 2.39. The molecule has 0 spiro atoms. The van der Waals surface area contributed by atoms with Crippen LogP contribution in [-0.2, 0) is 29.2 Å². The van der Waals surface area contributed by atoms with Gasteiger partial charge in [0.05, 0.1) is 18.4 Å². The van der Waals surface area contributed by atoms with Crippen LogP contribution in [0.3, 0.4) is 0 Å². The summed E-state index contributed by atoms with van der Waals surface area (Å²) in [7, 11) is 0. The highest BCUT2D eigenvalue weighted by atomic mass is 16.7. The average molecular weight is 418 g/mol. The molecule has 2 bridgehead atoms. The molecule has 0 aliphatic carbocycles. The number of benzene rings is 2. The van der Waals surface area contributed by atoms with E-state index >= 15 is 0 Å². The molecule has 0 saturated carbocycles. The Morgan fingerprint density at radius 2 is 1.74 bits per heavy atom. The number of carbonyl (C=O) groups excluding carboxylic acids is 1. The van der Waals surface area contributed by atoms with Gasteiger partial charge in [0, 0.05) is 12.1 Å². The van der Waals surface area contributed by atoms with Crippen LogP contribution in [0.25, 0.3) is 0 Å². The van der Waals surface area contributed by atoms with Crippen LogP contribution >= 0.6 is 0 Å². The number of hydrogen-bond donors (Lipinski definition) is 1. The van der Waals surface area contributed by atoms with Crippen molar-refractivity contribution in [3.63, 3.8) is 0 Å². The summed E-state index contributed by atoms with van der Waals surface area (Å²) < 4.78 is 1.72. The van der Waals surface area contributed by atoms with Crippen LogP contribution in [0.1, 0.15) is 34.5 Å². The van der Waals surface area contributed by atoms with E-state index in [-0.39, 0.29) is 19.2 Å². The number of amides is 2. The lowest BCUT2D eigenvalue weighted by Gasteiger charge is -2.28. The van der Waals surface area contributed by atoms with Gasteiger partial charge in [-0.1, -0.05) is 60.7 Å². The van der Waals surface area contributed by atoms with E-state index in [2.05, 4.69) is 5.10 Å². The number of aryl methyl sites for hydroxylation is 2. The average Bonchev–Trinajstić information content (AvgIpc) is 3.33. The molecule has 2 amide bonds. The minimum Gasteiger partial charge on any atom is -0.479 e. The van der Waals surface area contributed by atoms with Crippen molar-refractivity contribution in [2.75, 3.05) is 6.54 Å². The molecule has 2 unspecified atom stereocenters. The summed E-state index contributed by atoms with van der Waals surface area (Å²) in [6, 6.07) is 17.6. The lowest BCUT2D eigenvalue weighted by molar-refractivity contribution is -0.143. The minimum atomic E-state index is -1.08. The zero-order chi connectivity index (χ0) is 21.4. The van der Waals surface area contributed by atoms with Gasteiger partial charge in [-0.15, -0.1) is 0 Å². The highest BCUT2D eigenvalue weighted by Crippen LogP contribution is 2.44. The number of aliphatic carboxylic acids is 1. The van der Waals surface area contributed by atoms with Crippen molar-refractivity contribution in [3.05, 3.63) is 89.2 Å². The normalized spacial score (nSPS) is 19.5. The highest BCUT2D eigenvalue weighted by Gasteiger charge is 2.53. The summed E-state index contributed by atoms with van der Waals surface area (Å²) in [5.41, 5.74) is 3.36. The van der Waals surface area contributed by atoms with Gasteiger partial charge in [0.2, 0.25) is 0 Å². The number of urea groups is 1. The molecular weight excluding hydrogens is 396 g/mol. The maximum atomic E-state index is 13.0. The third-order valence-electron chi connectivity index (χ3n) is 5.83. The Hall–Kier alpha value is -3.65. The molecule has 8 heteroatoms. The maximum Gasteiger partial charge on any atom is 0.345 e. The smallest absolute Gasteiger partial charge is 0.345 e. The van der Waals surface area contributed by atoms with Crippen LogP contribution in [0, 0.1) is 0 Å². The molecular formula is C23H22N4O4. The van der Waals surface area contributed by atoms with Crippen LogP contribution < -0.4 is 0 Å². The highest BCUT2D eigenvalue weighted by molar-refractivity contribution is 5.86. The van der Waals surface area contributed by atoms with Crippen molar-refractivity contribution in [2.45, 2.75) is 31.7 Å². The summed E-state index contributed by atoms with van der Waals surface area (Å²) in [6.45, 7) is 1.02. The summed E-state index contributed by atoms with van der Waals surface area (Å²) >= 11 is 0. The standard InChI is InChI=1S/C23H22N4O4/c28-22(29)21-20-18(13-24-26(20)12-11-16-7-3-1-4-8-16)19-14-25(21)23(30)27(19)31-15-17-9-5-2-6-10-17/h1-10,13,19,21H,11-12,14-15H2,(H,28,29). The van der Waals surface area contributed by atoms with Crippen molar-refractivity contribution in [1.29, 1.82) is 0 Å². The van der Waals surface area contributed by atoms with Gasteiger partial charge in [-0.25, -0.2) is 9.59 Å². The molecule has 1 fully saturated rings. The molecule has 1 saturated heterocycles. The Bertz CT molecular complexity index is 1100. The number of carboxylic acids is 1. The van der Waals surface area contributed by atoms with Crippen molar-refractivity contribution < 1.29 is 19.5 Å².